The molecule has 3 nitrogen and oxygen atoms in total. The minimum Gasteiger partial charge on any atom is -0.507 e. The number of halogens is 1. The van der Waals surface area contributed by atoms with Crippen LogP contribution in [0.2, 0.25) is 5.02 Å². The Bertz CT molecular complexity index is 598. The van der Waals surface area contributed by atoms with Crippen LogP contribution in [0.25, 0.3) is 0 Å². The van der Waals surface area contributed by atoms with Gasteiger partial charge in [0.2, 0.25) is 0 Å². The molecule has 2 rings (SSSR count). The number of aliphatic hydroxyl groups is 1. The molecule has 0 amide bonds. The van der Waals surface area contributed by atoms with E-state index in [1.165, 1.54) is 0 Å². The molecule has 0 aliphatic rings. The SMILES string of the molecule is CO.Cc1cc(C)c(Sc2cc([NH3+])c(C)c(O)c2)c(Cl)c1. The molecule has 2 aromatic rings. The highest BCUT2D eigenvalue weighted by Gasteiger charge is 2.11. The predicted molar refractivity (Wildman–Crippen MR) is 88.6 cm³/mol. The molecule has 0 fully saturated rings. The Kier molecular flexibility index (Phi) is 6.55. The van der Waals surface area contributed by atoms with Gasteiger partial charge in [-0.2, -0.15) is 0 Å². The molecule has 0 aromatic heterocycles. The van der Waals surface area contributed by atoms with Crippen LogP contribution >= 0.6 is 23.4 Å². The summed E-state index contributed by atoms with van der Waals surface area (Å²) in [5, 5.41) is 17.6. The molecule has 0 bridgehead atoms. The average Bonchev–Trinajstić information content (AvgIpc) is 2.42. The zero-order valence-corrected chi connectivity index (χ0v) is 14.3. The maximum absolute atomic E-state index is 9.86. The number of phenols is 1. The van der Waals surface area contributed by atoms with Gasteiger partial charge in [0.25, 0.3) is 0 Å². The molecule has 5 N–H and O–H groups in total. The van der Waals surface area contributed by atoms with Gasteiger partial charge in [-0.25, -0.2) is 0 Å². The van der Waals surface area contributed by atoms with Crippen molar-refractivity contribution in [2.45, 2.75) is 30.6 Å². The van der Waals surface area contributed by atoms with Crippen molar-refractivity contribution >= 4 is 29.1 Å². The largest absolute Gasteiger partial charge is 0.507 e. The smallest absolute Gasteiger partial charge is 0.135 e. The lowest BCUT2D eigenvalue weighted by molar-refractivity contribution is -0.255. The van der Waals surface area contributed by atoms with Gasteiger partial charge in [-0.05, 0) is 44.0 Å². The third-order valence-corrected chi connectivity index (χ3v) is 4.68. The quantitative estimate of drug-likeness (QED) is 0.789. The van der Waals surface area contributed by atoms with E-state index in [0.717, 1.165) is 44.3 Å². The molecule has 0 heterocycles. The number of hydrogen-bond donors (Lipinski definition) is 3. The Morgan fingerprint density at radius 3 is 2.19 bits per heavy atom. The number of benzene rings is 2. The van der Waals surface area contributed by atoms with Crippen LogP contribution < -0.4 is 5.73 Å². The Morgan fingerprint density at radius 1 is 1.05 bits per heavy atom. The van der Waals surface area contributed by atoms with E-state index < -0.39 is 0 Å². The van der Waals surface area contributed by atoms with E-state index in [1.807, 2.05) is 32.9 Å². The number of quaternary nitrogens is 1. The minimum absolute atomic E-state index is 0.274. The highest BCUT2D eigenvalue weighted by molar-refractivity contribution is 7.99. The molecule has 21 heavy (non-hydrogen) atoms. The fourth-order valence-corrected chi connectivity index (χ4v) is 3.36. The number of phenolic OH excluding ortho intramolecular Hbond substituents is 1. The van der Waals surface area contributed by atoms with Gasteiger partial charge in [0.05, 0.1) is 10.6 Å². The van der Waals surface area contributed by atoms with Crippen LogP contribution in [0.15, 0.2) is 34.1 Å². The van der Waals surface area contributed by atoms with Crippen LogP contribution in [-0.4, -0.2) is 17.3 Å². The molecular weight excluding hydrogens is 306 g/mol. The third kappa shape index (κ3) is 4.38. The van der Waals surface area contributed by atoms with Crippen molar-refractivity contribution in [2.75, 3.05) is 7.11 Å². The van der Waals surface area contributed by atoms with Crippen LogP contribution in [0.1, 0.15) is 16.7 Å². The normalized spacial score (nSPS) is 10.0. The summed E-state index contributed by atoms with van der Waals surface area (Å²) >= 11 is 7.85. The van der Waals surface area contributed by atoms with E-state index in [2.05, 4.69) is 11.8 Å². The maximum Gasteiger partial charge on any atom is 0.135 e. The molecular formula is C16H21ClNO2S+. The second-order valence-electron chi connectivity index (χ2n) is 4.72. The van der Waals surface area contributed by atoms with Gasteiger partial charge in [0, 0.05) is 23.0 Å². The molecule has 0 radical (unpaired) electrons. The predicted octanol–water partition coefficient (Wildman–Crippen LogP) is 3.60. The summed E-state index contributed by atoms with van der Waals surface area (Å²) < 4.78 is 0. The number of aryl methyl sites for hydroxylation is 2. The molecule has 0 saturated heterocycles. The topological polar surface area (TPSA) is 68.1 Å². The summed E-state index contributed by atoms with van der Waals surface area (Å²) in [5.41, 5.74) is 7.88. The zero-order valence-electron chi connectivity index (χ0n) is 12.7. The first-order valence-electron chi connectivity index (χ1n) is 6.43. The first-order valence-corrected chi connectivity index (χ1v) is 7.63. The van der Waals surface area contributed by atoms with E-state index >= 15 is 0 Å². The van der Waals surface area contributed by atoms with Crippen molar-refractivity contribution < 1.29 is 15.9 Å². The molecule has 0 unspecified atom stereocenters. The van der Waals surface area contributed by atoms with E-state index in [9.17, 15) is 5.11 Å². The highest BCUT2D eigenvalue weighted by Crippen LogP contribution is 2.39. The van der Waals surface area contributed by atoms with E-state index in [1.54, 1.807) is 17.8 Å². The Balaban J connectivity index is 0.00000106. The zero-order chi connectivity index (χ0) is 16.2. The van der Waals surface area contributed by atoms with Gasteiger partial charge in [-0.3, -0.25) is 0 Å². The standard InChI is InChI=1S/C15H16ClNOS.CH4O/c1-8-4-9(2)15(12(16)5-8)19-11-6-13(17)10(3)14(18)7-11;1-2/h4-7,18H,17H2,1-3H3;2H,1H3/p+1. The summed E-state index contributed by atoms with van der Waals surface area (Å²) in [6.07, 6.45) is 0. The molecule has 5 heteroatoms. The van der Waals surface area contributed by atoms with Crippen molar-refractivity contribution in [3.05, 3.63) is 46.0 Å². The van der Waals surface area contributed by atoms with Crippen molar-refractivity contribution in [2.24, 2.45) is 0 Å². The number of hydrogen-bond acceptors (Lipinski definition) is 3. The minimum atomic E-state index is 0.274. The van der Waals surface area contributed by atoms with Crippen molar-refractivity contribution in [3.63, 3.8) is 0 Å². The Hall–Kier alpha value is -1.20. The van der Waals surface area contributed by atoms with Crippen LogP contribution in [0.5, 0.6) is 5.75 Å². The summed E-state index contributed by atoms with van der Waals surface area (Å²) in [6, 6.07) is 7.78. The molecule has 0 aliphatic heterocycles. The lowest BCUT2D eigenvalue weighted by Gasteiger charge is -2.10. The number of aliphatic hydroxyl groups excluding tert-OH is 1. The van der Waals surface area contributed by atoms with Crippen molar-refractivity contribution in [1.29, 1.82) is 0 Å². The average molecular weight is 327 g/mol. The van der Waals surface area contributed by atoms with Crippen molar-refractivity contribution in [1.82, 2.24) is 0 Å². The van der Waals surface area contributed by atoms with Crippen molar-refractivity contribution in [3.8, 4) is 5.75 Å². The summed E-state index contributed by atoms with van der Waals surface area (Å²) in [4.78, 5) is 1.97. The lowest BCUT2D eigenvalue weighted by Crippen LogP contribution is -2.41. The van der Waals surface area contributed by atoms with Crippen LogP contribution in [0, 0.1) is 20.8 Å². The monoisotopic (exact) mass is 326 g/mol. The fraction of sp³-hybridized carbons (Fsp3) is 0.250. The molecule has 2 aromatic carbocycles. The van der Waals surface area contributed by atoms with Gasteiger partial charge in [-0.15, -0.1) is 0 Å². The summed E-state index contributed by atoms with van der Waals surface area (Å²) in [5.74, 6) is 0.274. The third-order valence-electron chi connectivity index (χ3n) is 3.05. The van der Waals surface area contributed by atoms with Gasteiger partial charge >= 0.3 is 0 Å². The van der Waals surface area contributed by atoms with E-state index in [0.29, 0.717) is 0 Å². The van der Waals surface area contributed by atoms with Crippen LogP contribution in [0.4, 0.5) is 5.69 Å². The summed E-state index contributed by atoms with van der Waals surface area (Å²) in [6.45, 7) is 5.93. The Labute approximate surface area is 134 Å². The van der Waals surface area contributed by atoms with Crippen LogP contribution in [-0.2, 0) is 0 Å². The summed E-state index contributed by atoms with van der Waals surface area (Å²) in [7, 11) is 1.00. The number of rotatable bonds is 2. The van der Waals surface area contributed by atoms with Gasteiger partial charge in [0.15, 0.2) is 0 Å². The molecule has 0 saturated carbocycles. The first kappa shape index (κ1) is 17.9. The molecule has 114 valence electrons. The van der Waals surface area contributed by atoms with Gasteiger partial charge in [0.1, 0.15) is 11.4 Å². The van der Waals surface area contributed by atoms with Gasteiger partial charge < -0.3 is 15.9 Å². The van der Waals surface area contributed by atoms with E-state index in [4.69, 9.17) is 16.7 Å². The second-order valence-corrected chi connectivity index (χ2v) is 6.21. The highest BCUT2D eigenvalue weighted by atomic mass is 35.5. The first-order chi connectivity index (χ1) is 9.88. The fourth-order valence-electron chi connectivity index (χ4n) is 1.94. The lowest BCUT2D eigenvalue weighted by atomic mass is 10.2. The van der Waals surface area contributed by atoms with Crippen LogP contribution in [0.3, 0.4) is 0 Å². The maximum atomic E-state index is 9.86. The Morgan fingerprint density at radius 2 is 1.67 bits per heavy atom. The second kappa shape index (κ2) is 7.71. The molecule has 0 atom stereocenters. The number of aromatic hydroxyl groups is 1. The van der Waals surface area contributed by atoms with Gasteiger partial charge in [-0.1, -0.05) is 29.4 Å². The molecule has 0 spiro atoms. The van der Waals surface area contributed by atoms with E-state index in [-0.39, 0.29) is 5.75 Å². The molecule has 0 aliphatic carbocycles.